The SMILES string of the molecule is COc1ccccc1CNC(=O)C1(C)Cn2nc(-c3ccccc3)cc2C(=O)N1c1ccc(C)cc1C. The van der Waals surface area contributed by atoms with Gasteiger partial charge in [-0.1, -0.05) is 66.2 Å². The Morgan fingerprint density at radius 1 is 1.03 bits per heavy atom. The van der Waals surface area contributed by atoms with Crippen molar-refractivity contribution >= 4 is 17.5 Å². The van der Waals surface area contributed by atoms with Crippen molar-refractivity contribution in [2.45, 2.75) is 39.4 Å². The fourth-order valence-corrected chi connectivity index (χ4v) is 4.98. The second-order valence-electron chi connectivity index (χ2n) is 9.64. The molecule has 3 aromatic carbocycles. The van der Waals surface area contributed by atoms with Crippen LogP contribution < -0.4 is 15.0 Å². The summed E-state index contributed by atoms with van der Waals surface area (Å²) < 4.78 is 7.10. The largest absolute Gasteiger partial charge is 0.496 e. The number of ether oxygens (including phenoxy) is 1. The van der Waals surface area contributed by atoms with E-state index in [2.05, 4.69) is 5.32 Å². The number of para-hydroxylation sites is 1. The number of aryl methyl sites for hydroxylation is 2. The molecule has 1 unspecified atom stereocenters. The lowest BCUT2D eigenvalue weighted by Crippen LogP contribution is -2.64. The van der Waals surface area contributed by atoms with Gasteiger partial charge in [0.1, 0.15) is 17.0 Å². The van der Waals surface area contributed by atoms with Crippen molar-refractivity contribution in [3.8, 4) is 17.0 Å². The number of aromatic nitrogens is 2. The molecule has 0 spiro atoms. The van der Waals surface area contributed by atoms with E-state index in [1.807, 2.05) is 86.6 Å². The van der Waals surface area contributed by atoms with Crippen LogP contribution in [0.2, 0.25) is 0 Å². The van der Waals surface area contributed by atoms with Gasteiger partial charge in [-0.05, 0) is 44.5 Å². The number of methoxy groups -OCH3 is 1. The van der Waals surface area contributed by atoms with Crippen LogP contribution in [0.25, 0.3) is 11.3 Å². The molecule has 0 saturated heterocycles. The standard InChI is InChI=1S/C30H30N4O3/c1-20-14-15-25(21(2)16-20)34-28(35)26-17-24(22-10-6-5-7-11-22)32-33(26)19-30(34,3)29(36)31-18-23-12-8-9-13-27(23)37-4/h5-17H,18-19H2,1-4H3,(H,31,36). The van der Waals surface area contributed by atoms with E-state index in [9.17, 15) is 9.59 Å². The smallest absolute Gasteiger partial charge is 0.277 e. The zero-order valence-electron chi connectivity index (χ0n) is 21.5. The fraction of sp³-hybridized carbons (Fsp3) is 0.233. The Morgan fingerprint density at radius 2 is 1.76 bits per heavy atom. The van der Waals surface area contributed by atoms with Gasteiger partial charge in [0.2, 0.25) is 5.91 Å². The molecule has 0 fully saturated rings. The second-order valence-corrected chi connectivity index (χ2v) is 9.64. The highest BCUT2D eigenvalue weighted by molar-refractivity contribution is 6.12. The molecule has 7 heteroatoms. The molecule has 2 amide bonds. The van der Waals surface area contributed by atoms with Crippen LogP contribution in [0.5, 0.6) is 5.75 Å². The molecule has 0 radical (unpaired) electrons. The van der Waals surface area contributed by atoms with Gasteiger partial charge in [0, 0.05) is 23.4 Å². The summed E-state index contributed by atoms with van der Waals surface area (Å²) in [6, 6.07) is 25.0. The highest BCUT2D eigenvalue weighted by atomic mass is 16.5. The summed E-state index contributed by atoms with van der Waals surface area (Å²) in [5.74, 6) is 0.165. The normalized spacial score (nSPS) is 16.9. The average Bonchev–Trinajstić information content (AvgIpc) is 3.33. The lowest BCUT2D eigenvalue weighted by atomic mass is 9.92. The number of carbonyl (C=O) groups is 2. The predicted molar refractivity (Wildman–Crippen MR) is 144 cm³/mol. The molecule has 2 heterocycles. The van der Waals surface area contributed by atoms with E-state index < -0.39 is 5.54 Å². The van der Waals surface area contributed by atoms with Gasteiger partial charge in [0.05, 0.1) is 19.3 Å². The van der Waals surface area contributed by atoms with Crippen LogP contribution in [0.1, 0.15) is 34.1 Å². The Bertz CT molecular complexity index is 1480. The molecule has 4 aromatic rings. The number of nitrogens with one attached hydrogen (secondary N) is 1. The minimum Gasteiger partial charge on any atom is -0.496 e. The van der Waals surface area contributed by atoms with Crippen molar-refractivity contribution < 1.29 is 14.3 Å². The van der Waals surface area contributed by atoms with E-state index >= 15 is 0 Å². The third kappa shape index (κ3) is 4.37. The van der Waals surface area contributed by atoms with Crippen molar-refractivity contribution in [2.75, 3.05) is 12.0 Å². The fourth-order valence-electron chi connectivity index (χ4n) is 4.98. The number of fused-ring (bicyclic) bond motifs is 1. The third-order valence-corrected chi connectivity index (χ3v) is 6.94. The number of hydrogen-bond acceptors (Lipinski definition) is 4. The molecule has 5 rings (SSSR count). The molecule has 37 heavy (non-hydrogen) atoms. The summed E-state index contributed by atoms with van der Waals surface area (Å²) in [7, 11) is 1.60. The zero-order chi connectivity index (χ0) is 26.2. The number of hydrogen-bond donors (Lipinski definition) is 1. The lowest BCUT2D eigenvalue weighted by Gasteiger charge is -2.43. The van der Waals surface area contributed by atoms with Crippen LogP contribution >= 0.6 is 0 Å². The predicted octanol–water partition coefficient (Wildman–Crippen LogP) is 4.91. The second kappa shape index (κ2) is 9.58. The molecule has 1 aliphatic heterocycles. The average molecular weight is 495 g/mol. The molecule has 0 bridgehead atoms. The van der Waals surface area contributed by atoms with Gasteiger partial charge in [0.15, 0.2) is 0 Å². The summed E-state index contributed by atoms with van der Waals surface area (Å²) in [6.45, 7) is 6.26. The van der Waals surface area contributed by atoms with Crippen molar-refractivity contribution in [1.82, 2.24) is 15.1 Å². The Morgan fingerprint density at radius 3 is 2.49 bits per heavy atom. The first-order chi connectivity index (χ1) is 17.8. The first-order valence-electron chi connectivity index (χ1n) is 12.3. The zero-order valence-corrected chi connectivity index (χ0v) is 21.5. The Labute approximate surface area is 216 Å². The molecular formula is C30H30N4O3. The molecule has 188 valence electrons. The van der Waals surface area contributed by atoms with E-state index in [1.165, 1.54) is 0 Å². The number of amides is 2. The molecule has 7 nitrogen and oxygen atoms in total. The van der Waals surface area contributed by atoms with Crippen LogP contribution in [0.15, 0.2) is 78.9 Å². The Hall–Kier alpha value is -4.39. The van der Waals surface area contributed by atoms with Crippen LogP contribution in [0.4, 0.5) is 5.69 Å². The number of nitrogens with zero attached hydrogens (tertiary/aromatic N) is 3. The summed E-state index contributed by atoms with van der Waals surface area (Å²) in [5.41, 5.74) is 4.42. The van der Waals surface area contributed by atoms with Crippen molar-refractivity contribution in [3.63, 3.8) is 0 Å². The van der Waals surface area contributed by atoms with Gasteiger partial charge in [-0.25, -0.2) is 0 Å². The van der Waals surface area contributed by atoms with Crippen LogP contribution in [-0.4, -0.2) is 34.2 Å². The van der Waals surface area contributed by atoms with Gasteiger partial charge in [0.25, 0.3) is 5.91 Å². The highest BCUT2D eigenvalue weighted by Crippen LogP contribution is 2.36. The minimum atomic E-state index is -1.22. The van der Waals surface area contributed by atoms with Gasteiger partial charge < -0.3 is 10.1 Å². The first kappa shape index (κ1) is 24.3. The lowest BCUT2D eigenvalue weighted by molar-refractivity contribution is -0.126. The summed E-state index contributed by atoms with van der Waals surface area (Å²) >= 11 is 0. The molecule has 0 saturated carbocycles. The molecule has 1 atom stereocenters. The van der Waals surface area contributed by atoms with Crippen LogP contribution in [-0.2, 0) is 17.9 Å². The maximum Gasteiger partial charge on any atom is 0.277 e. The van der Waals surface area contributed by atoms with Crippen LogP contribution in [0.3, 0.4) is 0 Å². The van der Waals surface area contributed by atoms with Gasteiger partial charge >= 0.3 is 0 Å². The van der Waals surface area contributed by atoms with E-state index in [-0.39, 0.29) is 24.9 Å². The summed E-state index contributed by atoms with van der Waals surface area (Å²) in [5, 5.41) is 7.78. The molecule has 1 aliphatic rings. The van der Waals surface area contributed by atoms with E-state index in [1.54, 1.807) is 29.7 Å². The Balaban J connectivity index is 1.56. The number of anilines is 1. The van der Waals surface area contributed by atoms with Crippen molar-refractivity contribution in [1.29, 1.82) is 0 Å². The maximum absolute atomic E-state index is 14.1. The van der Waals surface area contributed by atoms with Crippen LogP contribution in [0, 0.1) is 13.8 Å². The van der Waals surface area contributed by atoms with E-state index in [0.29, 0.717) is 22.8 Å². The van der Waals surface area contributed by atoms with E-state index in [4.69, 9.17) is 9.84 Å². The molecular weight excluding hydrogens is 464 g/mol. The van der Waals surface area contributed by atoms with Gasteiger partial charge in [-0.15, -0.1) is 0 Å². The number of benzene rings is 3. The molecule has 1 aromatic heterocycles. The van der Waals surface area contributed by atoms with Crippen molar-refractivity contribution in [3.05, 3.63) is 101 Å². The number of rotatable bonds is 6. The highest BCUT2D eigenvalue weighted by Gasteiger charge is 2.49. The van der Waals surface area contributed by atoms with E-state index in [0.717, 1.165) is 22.3 Å². The summed E-state index contributed by atoms with van der Waals surface area (Å²) in [4.78, 5) is 29.6. The number of carbonyl (C=O) groups excluding carboxylic acids is 2. The Kier molecular flexibility index (Phi) is 6.29. The molecule has 1 N–H and O–H groups in total. The van der Waals surface area contributed by atoms with Gasteiger partial charge in [-0.2, -0.15) is 5.10 Å². The van der Waals surface area contributed by atoms with Gasteiger partial charge in [-0.3, -0.25) is 19.2 Å². The maximum atomic E-state index is 14.1. The third-order valence-electron chi connectivity index (χ3n) is 6.94. The topological polar surface area (TPSA) is 76.5 Å². The van der Waals surface area contributed by atoms with Crippen molar-refractivity contribution in [2.24, 2.45) is 0 Å². The summed E-state index contributed by atoms with van der Waals surface area (Å²) in [6.07, 6.45) is 0. The molecule has 0 aliphatic carbocycles. The minimum absolute atomic E-state index is 0.214. The monoisotopic (exact) mass is 494 g/mol. The quantitative estimate of drug-likeness (QED) is 0.413. The first-order valence-corrected chi connectivity index (χ1v) is 12.3.